The van der Waals surface area contributed by atoms with Crippen LogP contribution in [0.25, 0.3) is 0 Å². The van der Waals surface area contributed by atoms with E-state index in [2.05, 4.69) is 0 Å². The zero-order chi connectivity index (χ0) is 3.58. The van der Waals surface area contributed by atoms with E-state index < -0.39 is 6.16 Å². The molecule has 0 aliphatic rings. The second-order valence-electron chi connectivity index (χ2n) is 0.266. The van der Waals surface area contributed by atoms with E-state index in [0.29, 0.717) is 0 Å². The summed E-state index contributed by atoms with van der Waals surface area (Å²) >= 11 is 0. The zero-order valence-corrected chi connectivity index (χ0v) is 9.44. The van der Waals surface area contributed by atoms with Crippen molar-refractivity contribution in [2.24, 2.45) is 0 Å². The average Bonchev–Trinajstić information content (AvgIpc) is 0.811. The largest absolute Gasteiger partial charge is 1.00 e. The number of hydrogen-bond acceptors (Lipinski definition) is 3. The third-order valence-corrected chi connectivity index (χ3v) is 0. The molecule has 0 aliphatic carbocycles. The molecule has 0 bridgehead atoms. The molecule has 0 radical (unpaired) electrons. The molecule has 4 nitrogen and oxygen atoms in total. The molecule has 0 fully saturated rings. The minimum absolute atomic E-state index is 0. The third-order valence-electron chi connectivity index (χ3n) is 0. The maximum Gasteiger partial charge on any atom is 1.00 e. The molecule has 0 heterocycles. The van der Waals surface area contributed by atoms with Crippen molar-refractivity contribution in [2.45, 2.75) is 0 Å². The van der Waals surface area contributed by atoms with Crippen molar-refractivity contribution < 1.29 is 79.6 Å². The summed E-state index contributed by atoms with van der Waals surface area (Å²) in [5, 5.41) is 15.3. The van der Waals surface area contributed by atoms with Crippen LogP contribution in [0.3, 0.4) is 0 Å². The van der Waals surface area contributed by atoms with E-state index in [1.165, 1.54) is 0 Å². The first-order valence-electron chi connectivity index (χ1n) is 0.632. The van der Waals surface area contributed by atoms with Gasteiger partial charge in [0.15, 0.2) is 0 Å². The number of halogens is 1. The van der Waals surface area contributed by atoms with Gasteiger partial charge in [0.2, 0.25) is 6.16 Å². The van der Waals surface area contributed by atoms with Gasteiger partial charge in [-0.15, -0.1) is 12.4 Å². The van der Waals surface area contributed by atoms with Crippen molar-refractivity contribution in [3.05, 3.63) is 0 Å². The molecule has 0 saturated carbocycles. The average molecular weight is 160 g/mol. The van der Waals surface area contributed by atoms with Gasteiger partial charge in [0, 0.05) is 0 Å². The molecule has 0 aromatic rings. The Morgan fingerprint density at radius 3 is 1.38 bits per heavy atom. The predicted molar refractivity (Wildman–Crippen MR) is 17.2 cm³/mol. The monoisotopic (exact) mass is 160 g/mol. The van der Waals surface area contributed by atoms with Gasteiger partial charge in [-0.3, -0.25) is 0 Å². The van der Waals surface area contributed by atoms with Gasteiger partial charge in [-0.1, -0.05) is 0 Å². The molecule has 0 atom stereocenters. The molecule has 40 valence electrons. The topological polar surface area (TPSA) is 90.4 Å². The summed E-state index contributed by atoms with van der Waals surface area (Å²) in [5.74, 6) is 0. The fourth-order valence-corrected chi connectivity index (χ4v) is 0. The molecule has 0 spiro atoms. The summed E-state index contributed by atoms with van der Waals surface area (Å²) in [6.45, 7) is 0. The second kappa shape index (κ2) is 23.6. The van der Waals surface area contributed by atoms with E-state index in [4.69, 9.17) is 15.0 Å². The van der Waals surface area contributed by atoms with E-state index in [1.807, 2.05) is 0 Å². The van der Waals surface area contributed by atoms with E-state index in [-0.39, 0.29) is 77.0 Å². The van der Waals surface area contributed by atoms with Gasteiger partial charge >= 0.3 is 59.1 Å². The van der Waals surface area contributed by atoms with Gasteiger partial charge < -0.3 is 20.5 Å². The van der Waals surface area contributed by atoms with Crippen molar-refractivity contribution in [2.75, 3.05) is 0 Å². The SMILES string of the molecule is Cl.O=C([O-])O.[Na+].[Na+].[OH-]. The summed E-state index contributed by atoms with van der Waals surface area (Å²) in [7, 11) is 0. The fraction of sp³-hybridized carbons (Fsp3) is 0. The van der Waals surface area contributed by atoms with Crippen molar-refractivity contribution in [1.82, 2.24) is 0 Å². The Morgan fingerprint density at radius 1 is 1.38 bits per heavy atom. The Balaban J connectivity index is -0.00000000750. The molecule has 7 heteroatoms. The Hall–Kier alpha value is 1.52. The van der Waals surface area contributed by atoms with Crippen LogP contribution in [0.2, 0.25) is 0 Å². The Morgan fingerprint density at radius 2 is 1.38 bits per heavy atom. The molecule has 0 amide bonds. The summed E-state index contributed by atoms with van der Waals surface area (Å²) in [5.41, 5.74) is 0. The van der Waals surface area contributed by atoms with E-state index >= 15 is 0 Å². The second-order valence-corrected chi connectivity index (χ2v) is 0.266. The third kappa shape index (κ3) is 138. The first-order chi connectivity index (χ1) is 1.73. The minimum Gasteiger partial charge on any atom is -0.870 e. The summed E-state index contributed by atoms with van der Waals surface area (Å²) in [6, 6.07) is 0. The molecule has 2 N–H and O–H groups in total. The van der Waals surface area contributed by atoms with Crippen LogP contribution < -0.4 is 64.2 Å². The minimum atomic E-state index is -2.08. The number of hydrogen-bond donors (Lipinski definition) is 1. The number of carbonyl (C=O) groups is 1. The van der Waals surface area contributed by atoms with Crippen molar-refractivity contribution >= 4 is 18.6 Å². The van der Waals surface area contributed by atoms with Gasteiger partial charge in [0.25, 0.3) is 0 Å². The van der Waals surface area contributed by atoms with Crippen molar-refractivity contribution in [1.29, 1.82) is 0 Å². The molecule has 0 unspecified atom stereocenters. The zero-order valence-electron chi connectivity index (χ0n) is 4.62. The molecular weight excluding hydrogens is 157 g/mol. The Labute approximate surface area is 96.9 Å². The first-order valence-corrected chi connectivity index (χ1v) is 0.632. The Kier molecular flexibility index (Phi) is 99.7. The standard InChI is InChI=1S/CH2O3.ClH.2Na.H2O/c2-1(3)4;;;;/h(H2,2,3,4);1H;;;1H2/q;;2*+1;/p-2. The summed E-state index contributed by atoms with van der Waals surface area (Å²) in [6.07, 6.45) is -2.08. The van der Waals surface area contributed by atoms with E-state index in [9.17, 15) is 0 Å². The normalized spacial score (nSPS) is 3.00. The van der Waals surface area contributed by atoms with Crippen LogP contribution in [0.5, 0.6) is 0 Å². The van der Waals surface area contributed by atoms with Crippen LogP contribution in [-0.4, -0.2) is 16.7 Å². The van der Waals surface area contributed by atoms with Gasteiger partial charge in [-0.25, -0.2) is 0 Å². The number of carboxylic acid groups (broad SMARTS) is 2. The molecule has 0 aromatic heterocycles. The molecule has 0 saturated heterocycles. The predicted octanol–water partition coefficient (Wildman–Crippen LogP) is -6.86. The van der Waals surface area contributed by atoms with E-state index in [1.54, 1.807) is 0 Å². The van der Waals surface area contributed by atoms with Crippen LogP contribution in [0, 0.1) is 0 Å². The van der Waals surface area contributed by atoms with Gasteiger partial charge in [-0.2, -0.15) is 0 Å². The molecule has 8 heavy (non-hydrogen) atoms. The van der Waals surface area contributed by atoms with Crippen molar-refractivity contribution in [3.8, 4) is 0 Å². The number of rotatable bonds is 0. The van der Waals surface area contributed by atoms with Crippen LogP contribution in [0.1, 0.15) is 0 Å². The maximum atomic E-state index is 8.44. The molecule has 0 aliphatic heterocycles. The van der Waals surface area contributed by atoms with Crippen molar-refractivity contribution in [3.63, 3.8) is 0 Å². The fourth-order valence-electron chi connectivity index (χ4n) is 0. The van der Waals surface area contributed by atoms with Crippen LogP contribution in [0.4, 0.5) is 4.79 Å². The Bertz CT molecular complexity index is 37.0. The van der Waals surface area contributed by atoms with Crippen LogP contribution in [0.15, 0.2) is 0 Å². The summed E-state index contributed by atoms with van der Waals surface area (Å²) < 4.78 is 0. The van der Waals surface area contributed by atoms with Crippen LogP contribution in [-0.2, 0) is 0 Å². The molecular formula is CH3ClNa2O4. The first kappa shape index (κ1) is 33.8. The van der Waals surface area contributed by atoms with Gasteiger partial charge in [0.1, 0.15) is 0 Å². The van der Waals surface area contributed by atoms with Gasteiger partial charge in [0.05, 0.1) is 0 Å². The smallest absolute Gasteiger partial charge is 0.870 e. The van der Waals surface area contributed by atoms with Gasteiger partial charge in [-0.05, 0) is 0 Å². The molecule has 0 aromatic carbocycles. The summed E-state index contributed by atoms with van der Waals surface area (Å²) in [4.78, 5) is 8.44. The molecule has 0 rings (SSSR count). The van der Waals surface area contributed by atoms with Crippen LogP contribution >= 0.6 is 12.4 Å². The van der Waals surface area contributed by atoms with E-state index in [0.717, 1.165) is 0 Å². The quantitative estimate of drug-likeness (QED) is 0.357. The maximum absolute atomic E-state index is 8.44.